The van der Waals surface area contributed by atoms with Crippen LogP contribution < -0.4 is 10.2 Å². The van der Waals surface area contributed by atoms with Crippen molar-refractivity contribution in [3.8, 4) is 0 Å². The van der Waals surface area contributed by atoms with Crippen LogP contribution in [0.25, 0.3) is 0 Å². The van der Waals surface area contributed by atoms with Gasteiger partial charge in [0.2, 0.25) is 0 Å². The van der Waals surface area contributed by atoms with Crippen LogP contribution in [0.15, 0.2) is 47.4 Å². The van der Waals surface area contributed by atoms with E-state index in [-0.39, 0.29) is 35.0 Å². The monoisotopic (exact) mass is 434 g/mol. The number of nitrogens with zero attached hydrogens (tertiary/aromatic N) is 1. The second-order valence-electron chi connectivity index (χ2n) is 7.55. The van der Waals surface area contributed by atoms with Crippen LogP contribution in [0.5, 0.6) is 0 Å². The Labute approximate surface area is 177 Å². The lowest BCUT2D eigenvalue weighted by molar-refractivity contribution is 0.0933. The Bertz CT molecular complexity index is 993. The van der Waals surface area contributed by atoms with Crippen molar-refractivity contribution in [2.75, 3.05) is 37.5 Å². The Kier molecular flexibility index (Phi) is 7.10. The maximum absolute atomic E-state index is 14.2. The molecule has 2 aromatic carbocycles. The molecule has 1 aliphatic heterocycles. The van der Waals surface area contributed by atoms with Gasteiger partial charge in [-0.2, -0.15) is 0 Å². The molecule has 6 nitrogen and oxygen atoms in total. The number of nitrogens with one attached hydrogen (secondary N) is 1. The second-order valence-corrected chi connectivity index (χ2v) is 9.66. The number of piperidine rings is 1. The minimum atomic E-state index is -3.44. The molecule has 1 heterocycles. The number of rotatable bonds is 7. The first-order valence-corrected chi connectivity index (χ1v) is 11.6. The van der Waals surface area contributed by atoms with Crippen molar-refractivity contribution in [2.24, 2.45) is 0 Å². The van der Waals surface area contributed by atoms with Crippen LogP contribution in [-0.2, 0) is 14.6 Å². The van der Waals surface area contributed by atoms with Crippen molar-refractivity contribution in [3.05, 3.63) is 59.4 Å². The van der Waals surface area contributed by atoms with E-state index in [2.05, 4.69) is 5.32 Å². The van der Waals surface area contributed by atoms with Crippen molar-refractivity contribution in [1.29, 1.82) is 0 Å². The van der Waals surface area contributed by atoms with Crippen molar-refractivity contribution in [1.82, 2.24) is 5.32 Å². The van der Waals surface area contributed by atoms with Crippen molar-refractivity contribution >= 4 is 21.4 Å². The number of anilines is 1. The number of sulfone groups is 1. The molecule has 1 amide bonds. The van der Waals surface area contributed by atoms with E-state index in [9.17, 15) is 17.6 Å². The summed E-state index contributed by atoms with van der Waals surface area (Å²) in [6.45, 7) is 3.30. The van der Waals surface area contributed by atoms with Gasteiger partial charge in [0.25, 0.3) is 5.91 Å². The normalized spacial score (nSPS) is 17.0. The molecular formula is C22H27FN2O4S. The summed E-state index contributed by atoms with van der Waals surface area (Å²) in [7, 11) is -1.99. The van der Waals surface area contributed by atoms with Crippen LogP contribution in [0.3, 0.4) is 0 Å². The lowest BCUT2D eigenvalue weighted by atomic mass is 10.0. The number of hydrogen-bond donors (Lipinski definition) is 1. The fraction of sp³-hybridized carbons (Fsp3) is 0.409. The molecule has 162 valence electrons. The van der Waals surface area contributed by atoms with Crippen LogP contribution in [0.4, 0.5) is 10.1 Å². The molecular weight excluding hydrogens is 407 g/mol. The number of ether oxygens (including phenoxy) is 1. The summed E-state index contributed by atoms with van der Waals surface area (Å²) in [5, 5.41) is 2.99. The molecule has 0 spiro atoms. The molecule has 1 atom stereocenters. The van der Waals surface area contributed by atoms with Gasteiger partial charge in [0.05, 0.1) is 22.9 Å². The van der Waals surface area contributed by atoms with E-state index in [4.69, 9.17) is 4.74 Å². The van der Waals surface area contributed by atoms with Crippen molar-refractivity contribution < 1.29 is 22.3 Å². The number of benzene rings is 2. The Balaban J connectivity index is 1.65. The third kappa shape index (κ3) is 5.37. The van der Waals surface area contributed by atoms with E-state index >= 15 is 0 Å². The Morgan fingerprint density at radius 1 is 1.23 bits per heavy atom. The molecule has 0 bridgehead atoms. The van der Waals surface area contributed by atoms with E-state index in [1.54, 1.807) is 6.07 Å². The number of carbonyl (C=O) groups is 1. The van der Waals surface area contributed by atoms with Gasteiger partial charge in [-0.15, -0.1) is 0 Å². The second kappa shape index (κ2) is 9.57. The molecule has 3 rings (SSSR count). The van der Waals surface area contributed by atoms with Gasteiger partial charge in [0.1, 0.15) is 5.82 Å². The highest BCUT2D eigenvalue weighted by atomic mass is 32.2. The molecule has 1 N–H and O–H groups in total. The van der Waals surface area contributed by atoms with E-state index in [0.29, 0.717) is 17.8 Å². The van der Waals surface area contributed by atoms with Crippen LogP contribution in [-0.4, -0.2) is 52.9 Å². The largest absolute Gasteiger partial charge is 0.384 e. The summed E-state index contributed by atoms with van der Waals surface area (Å²) in [6.07, 6.45) is 1.65. The molecule has 30 heavy (non-hydrogen) atoms. The SMILES string of the molecule is COCCS(=O)(=O)c1ccc(C(=O)NC2CCCN(c3cc(C)ccc3F)C2)cc1. The number of aryl methyl sites for hydroxylation is 1. The van der Waals surface area contributed by atoms with Gasteiger partial charge in [-0.1, -0.05) is 6.07 Å². The summed E-state index contributed by atoms with van der Waals surface area (Å²) >= 11 is 0. The minimum absolute atomic E-state index is 0.109. The van der Waals surface area contributed by atoms with Gasteiger partial charge in [-0.3, -0.25) is 4.79 Å². The lowest BCUT2D eigenvalue weighted by Gasteiger charge is -2.35. The van der Waals surface area contributed by atoms with Gasteiger partial charge in [-0.25, -0.2) is 12.8 Å². The third-order valence-corrected chi connectivity index (χ3v) is 6.93. The zero-order chi connectivity index (χ0) is 21.7. The Morgan fingerprint density at radius 2 is 1.97 bits per heavy atom. The summed E-state index contributed by atoms with van der Waals surface area (Å²) in [5.41, 5.74) is 1.93. The summed E-state index contributed by atoms with van der Waals surface area (Å²) in [4.78, 5) is 14.8. The van der Waals surface area contributed by atoms with Crippen LogP contribution in [0, 0.1) is 12.7 Å². The van der Waals surface area contributed by atoms with Gasteiger partial charge < -0.3 is 15.0 Å². The number of amides is 1. The maximum atomic E-state index is 14.2. The average molecular weight is 435 g/mol. The van der Waals surface area contributed by atoms with E-state index < -0.39 is 9.84 Å². The third-order valence-electron chi connectivity index (χ3n) is 5.23. The molecule has 1 unspecified atom stereocenters. The fourth-order valence-corrected chi connectivity index (χ4v) is 4.74. The van der Waals surface area contributed by atoms with Gasteiger partial charge in [0, 0.05) is 31.8 Å². The average Bonchev–Trinajstić information content (AvgIpc) is 2.74. The van der Waals surface area contributed by atoms with Crippen molar-refractivity contribution in [3.63, 3.8) is 0 Å². The first-order chi connectivity index (χ1) is 14.3. The number of carbonyl (C=O) groups excluding carboxylic acids is 1. The molecule has 1 aliphatic rings. The summed E-state index contributed by atoms with van der Waals surface area (Å²) in [6, 6.07) is 10.8. The van der Waals surface area contributed by atoms with Gasteiger partial charge in [0.15, 0.2) is 9.84 Å². The Hall–Kier alpha value is -2.45. The molecule has 0 saturated carbocycles. The predicted octanol–water partition coefficient (Wildman–Crippen LogP) is 2.95. The van der Waals surface area contributed by atoms with Crippen molar-refractivity contribution in [2.45, 2.75) is 30.7 Å². The van der Waals surface area contributed by atoms with Gasteiger partial charge >= 0.3 is 0 Å². The van der Waals surface area contributed by atoms with Crippen LogP contribution in [0.1, 0.15) is 28.8 Å². The first kappa shape index (κ1) is 22.2. The van der Waals surface area contributed by atoms with Gasteiger partial charge in [-0.05, 0) is 61.7 Å². The molecule has 1 saturated heterocycles. The lowest BCUT2D eigenvalue weighted by Crippen LogP contribution is -2.48. The molecule has 0 radical (unpaired) electrons. The molecule has 8 heteroatoms. The topological polar surface area (TPSA) is 75.7 Å². The zero-order valence-electron chi connectivity index (χ0n) is 17.2. The van der Waals surface area contributed by atoms with E-state index in [0.717, 1.165) is 24.9 Å². The summed E-state index contributed by atoms with van der Waals surface area (Å²) in [5.74, 6) is -0.645. The standard InChI is InChI=1S/C22H27FN2O4S/c1-16-5-10-20(23)21(14-16)25-11-3-4-18(15-25)24-22(26)17-6-8-19(9-7-17)30(27,28)13-12-29-2/h5-10,14,18H,3-4,11-13,15H2,1-2H3,(H,24,26). The highest BCUT2D eigenvalue weighted by molar-refractivity contribution is 7.91. The quantitative estimate of drug-likeness (QED) is 0.725. The molecule has 2 aromatic rings. The molecule has 0 aliphatic carbocycles. The highest BCUT2D eigenvalue weighted by Crippen LogP contribution is 2.24. The summed E-state index contributed by atoms with van der Waals surface area (Å²) < 4.78 is 43.5. The number of hydrogen-bond acceptors (Lipinski definition) is 5. The molecule has 0 aromatic heterocycles. The highest BCUT2D eigenvalue weighted by Gasteiger charge is 2.24. The van der Waals surface area contributed by atoms with Crippen LogP contribution in [0.2, 0.25) is 0 Å². The van der Waals surface area contributed by atoms with E-state index in [1.807, 2.05) is 17.9 Å². The predicted molar refractivity (Wildman–Crippen MR) is 114 cm³/mol. The van der Waals surface area contributed by atoms with E-state index in [1.165, 1.54) is 37.4 Å². The zero-order valence-corrected chi connectivity index (χ0v) is 18.0. The minimum Gasteiger partial charge on any atom is -0.384 e. The van der Waals surface area contributed by atoms with Crippen LogP contribution >= 0.6 is 0 Å². The number of methoxy groups -OCH3 is 1. The molecule has 1 fully saturated rings. The maximum Gasteiger partial charge on any atom is 0.251 e. The first-order valence-electron chi connectivity index (χ1n) is 9.94. The Morgan fingerprint density at radius 3 is 2.67 bits per heavy atom. The smallest absolute Gasteiger partial charge is 0.251 e. The number of halogens is 1. The fourth-order valence-electron chi connectivity index (χ4n) is 3.57.